The second kappa shape index (κ2) is 6.09. The molecule has 0 N–H and O–H groups in total. The molecule has 0 amide bonds. The van der Waals surface area contributed by atoms with E-state index < -0.39 is 21.4 Å². The van der Waals surface area contributed by atoms with Gasteiger partial charge in [-0.1, -0.05) is 40.2 Å². The molecule has 0 aromatic heterocycles. The first kappa shape index (κ1) is 14.6. The highest BCUT2D eigenvalue weighted by Gasteiger charge is 2.16. The summed E-state index contributed by atoms with van der Waals surface area (Å²) >= 11 is 3.31. The lowest BCUT2D eigenvalue weighted by Gasteiger charge is -2.11. The summed E-state index contributed by atoms with van der Waals surface area (Å²) in [5, 5.41) is 10.5. The molecule has 2 aromatic rings. The van der Waals surface area contributed by atoms with E-state index >= 15 is 0 Å². The predicted octanol–water partition coefficient (Wildman–Crippen LogP) is 4.55. The normalized spacial score (nSPS) is 12.2. The van der Waals surface area contributed by atoms with Crippen molar-refractivity contribution in [1.29, 1.82) is 0 Å². The number of hydrogen-bond acceptors (Lipinski definition) is 2. The summed E-state index contributed by atoms with van der Waals surface area (Å²) in [6, 6.07) is 9.98. The topological polar surface area (TPSA) is 43.1 Å². The van der Waals surface area contributed by atoms with Crippen molar-refractivity contribution in [3.05, 3.63) is 75.3 Å². The van der Waals surface area contributed by atoms with Gasteiger partial charge in [-0.3, -0.25) is 10.1 Å². The Bertz CT molecular complexity index is 632. The lowest BCUT2D eigenvalue weighted by Crippen LogP contribution is -2.00. The summed E-state index contributed by atoms with van der Waals surface area (Å²) < 4.78 is 26.8. The van der Waals surface area contributed by atoms with Crippen LogP contribution in [-0.2, 0) is 6.42 Å². The summed E-state index contributed by atoms with van der Waals surface area (Å²) in [6.45, 7) is 0. The average molecular weight is 342 g/mol. The van der Waals surface area contributed by atoms with E-state index in [4.69, 9.17) is 0 Å². The molecule has 0 aliphatic rings. The summed E-state index contributed by atoms with van der Waals surface area (Å²) in [6.07, 6.45) is 0.401. The van der Waals surface area contributed by atoms with Crippen LogP contribution in [0.3, 0.4) is 0 Å². The van der Waals surface area contributed by atoms with E-state index in [0.717, 1.165) is 11.6 Å². The van der Waals surface area contributed by atoms with Crippen molar-refractivity contribution in [1.82, 2.24) is 0 Å². The van der Waals surface area contributed by atoms with Gasteiger partial charge in [0.2, 0.25) is 0 Å². The van der Waals surface area contributed by atoms with Crippen LogP contribution in [0.4, 0.5) is 14.5 Å². The highest BCUT2D eigenvalue weighted by atomic mass is 79.9. The molecule has 0 heterocycles. The molecular formula is C14H10BrF2NO2. The van der Waals surface area contributed by atoms with E-state index in [2.05, 4.69) is 15.9 Å². The van der Waals surface area contributed by atoms with Gasteiger partial charge in [-0.25, -0.2) is 8.78 Å². The van der Waals surface area contributed by atoms with Gasteiger partial charge < -0.3 is 0 Å². The van der Waals surface area contributed by atoms with Gasteiger partial charge in [0, 0.05) is 22.5 Å². The molecule has 0 saturated carbocycles. The third-order valence-corrected chi connectivity index (χ3v) is 3.70. The Morgan fingerprint density at radius 3 is 2.40 bits per heavy atom. The molecule has 1 unspecified atom stereocenters. The van der Waals surface area contributed by atoms with Crippen LogP contribution in [0, 0.1) is 21.7 Å². The number of halogens is 3. The monoisotopic (exact) mass is 341 g/mol. The molecule has 1 atom stereocenters. The minimum atomic E-state index is -0.893. The van der Waals surface area contributed by atoms with Gasteiger partial charge in [-0.05, 0) is 18.1 Å². The van der Waals surface area contributed by atoms with E-state index in [-0.39, 0.29) is 11.3 Å². The zero-order chi connectivity index (χ0) is 14.7. The molecule has 0 fully saturated rings. The summed E-state index contributed by atoms with van der Waals surface area (Å²) in [4.78, 5) is 9.66. The molecule has 0 aliphatic heterocycles. The Labute approximate surface area is 122 Å². The molecule has 2 aromatic carbocycles. The Morgan fingerprint density at radius 1 is 1.15 bits per heavy atom. The Balaban J connectivity index is 2.17. The number of rotatable bonds is 4. The predicted molar refractivity (Wildman–Crippen MR) is 74.8 cm³/mol. The van der Waals surface area contributed by atoms with Gasteiger partial charge in [-0.15, -0.1) is 0 Å². The first-order valence-corrected chi connectivity index (χ1v) is 6.72. The first-order valence-electron chi connectivity index (χ1n) is 5.80. The maximum Gasteiger partial charge on any atom is 0.269 e. The van der Waals surface area contributed by atoms with Crippen LogP contribution in [0.2, 0.25) is 0 Å². The number of non-ortho nitro benzene ring substituents is 1. The zero-order valence-corrected chi connectivity index (χ0v) is 11.8. The van der Waals surface area contributed by atoms with Crippen molar-refractivity contribution in [2.75, 3.05) is 0 Å². The molecular weight excluding hydrogens is 332 g/mol. The highest BCUT2D eigenvalue weighted by Crippen LogP contribution is 2.30. The van der Waals surface area contributed by atoms with E-state index in [9.17, 15) is 18.9 Å². The molecule has 0 bridgehead atoms. The fraction of sp³-hybridized carbons (Fsp3) is 0.143. The standard InChI is InChI=1S/C14H10BrF2NO2/c15-12(11-2-1-3-13(16)14(11)17)8-9-4-6-10(7-5-9)18(19)20/h1-7,12H,8H2. The third kappa shape index (κ3) is 3.19. The number of nitro benzene ring substituents is 1. The summed E-state index contributed by atoms with van der Waals surface area (Å²) in [7, 11) is 0. The van der Waals surface area contributed by atoms with Crippen LogP contribution in [-0.4, -0.2) is 4.92 Å². The van der Waals surface area contributed by atoms with Crippen molar-refractivity contribution >= 4 is 21.6 Å². The number of nitrogens with zero attached hydrogens (tertiary/aromatic N) is 1. The number of benzene rings is 2. The summed E-state index contributed by atoms with van der Waals surface area (Å²) in [5.74, 6) is -1.77. The van der Waals surface area contributed by atoms with Gasteiger partial charge in [-0.2, -0.15) is 0 Å². The maximum absolute atomic E-state index is 13.6. The summed E-state index contributed by atoms with van der Waals surface area (Å²) in [5.41, 5.74) is 1.02. The fourth-order valence-electron chi connectivity index (χ4n) is 1.83. The largest absolute Gasteiger partial charge is 0.269 e. The number of nitro groups is 1. The minimum Gasteiger partial charge on any atom is -0.258 e. The van der Waals surface area contributed by atoms with E-state index in [1.165, 1.54) is 24.3 Å². The van der Waals surface area contributed by atoms with E-state index in [1.54, 1.807) is 12.1 Å². The smallest absolute Gasteiger partial charge is 0.258 e. The lowest BCUT2D eigenvalue weighted by atomic mass is 10.0. The second-order valence-corrected chi connectivity index (χ2v) is 5.34. The Hall–Kier alpha value is -1.82. The quantitative estimate of drug-likeness (QED) is 0.465. The van der Waals surface area contributed by atoms with E-state index in [0.29, 0.717) is 6.42 Å². The molecule has 104 valence electrons. The number of hydrogen-bond donors (Lipinski definition) is 0. The van der Waals surface area contributed by atoms with Crippen molar-refractivity contribution in [2.24, 2.45) is 0 Å². The average Bonchev–Trinajstić information content (AvgIpc) is 2.42. The van der Waals surface area contributed by atoms with Gasteiger partial charge in [0.05, 0.1) is 4.92 Å². The number of alkyl halides is 1. The van der Waals surface area contributed by atoms with Crippen LogP contribution in [0.5, 0.6) is 0 Å². The van der Waals surface area contributed by atoms with Gasteiger partial charge in [0.25, 0.3) is 5.69 Å². The molecule has 2 rings (SSSR count). The molecule has 20 heavy (non-hydrogen) atoms. The molecule has 0 radical (unpaired) electrons. The zero-order valence-electron chi connectivity index (χ0n) is 10.2. The van der Waals surface area contributed by atoms with Crippen molar-refractivity contribution in [3.8, 4) is 0 Å². The fourth-order valence-corrected chi connectivity index (χ4v) is 2.56. The highest BCUT2D eigenvalue weighted by molar-refractivity contribution is 9.09. The maximum atomic E-state index is 13.6. The lowest BCUT2D eigenvalue weighted by molar-refractivity contribution is -0.384. The van der Waals surface area contributed by atoms with Gasteiger partial charge >= 0.3 is 0 Å². The van der Waals surface area contributed by atoms with Crippen LogP contribution >= 0.6 is 15.9 Å². The Kier molecular flexibility index (Phi) is 4.44. The van der Waals surface area contributed by atoms with Crippen molar-refractivity contribution < 1.29 is 13.7 Å². The van der Waals surface area contributed by atoms with E-state index in [1.807, 2.05) is 0 Å². The van der Waals surface area contributed by atoms with Crippen molar-refractivity contribution in [3.63, 3.8) is 0 Å². The molecule has 0 saturated heterocycles. The SMILES string of the molecule is O=[N+]([O-])c1ccc(CC(Br)c2cccc(F)c2F)cc1. The van der Waals surface area contributed by atoms with Crippen LogP contribution in [0.25, 0.3) is 0 Å². The van der Waals surface area contributed by atoms with Crippen LogP contribution in [0.15, 0.2) is 42.5 Å². The molecule has 6 heteroatoms. The van der Waals surface area contributed by atoms with Gasteiger partial charge in [0.15, 0.2) is 11.6 Å². The second-order valence-electron chi connectivity index (χ2n) is 4.24. The molecule has 0 aliphatic carbocycles. The van der Waals surface area contributed by atoms with Crippen LogP contribution in [0.1, 0.15) is 16.0 Å². The van der Waals surface area contributed by atoms with Crippen molar-refractivity contribution in [2.45, 2.75) is 11.2 Å². The molecule has 3 nitrogen and oxygen atoms in total. The molecule has 0 spiro atoms. The van der Waals surface area contributed by atoms with Crippen LogP contribution < -0.4 is 0 Å². The van der Waals surface area contributed by atoms with Gasteiger partial charge in [0.1, 0.15) is 0 Å². The third-order valence-electron chi connectivity index (χ3n) is 2.88. The minimum absolute atomic E-state index is 0.00296. The first-order chi connectivity index (χ1) is 9.49. The Morgan fingerprint density at radius 2 is 1.80 bits per heavy atom.